The Labute approximate surface area is 162 Å². The van der Waals surface area contributed by atoms with Crippen LogP contribution in [0.3, 0.4) is 0 Å². The van der Waals surface area contributed by atoms with Crippen LogP contribution in [-0.2, 0) is 4.74 Å². The van der Waals surface area contributed by atoms with Crippen molar-refractivity contribution < 1.29 is 19.0 Å². The molecule has 6 nitrogen and oxygen atoms in total. The SMILES string of the molecule is CCOc1ccc(C(=O)NC2CCN(C[C@H]3CCCO3)CC2)cc1OCC. The van der Waals surface area contributed by atoms with Gasteiger partial charge in [-0.15, -0.1) is 0 Å². The smallest absolute Gasteiger partial charge is 0.251 e. The number of hydrogen-bond acceptors (Lipinski definition) is 5. The van der Waals surface area contributed by atoms with E-state index in [4.69, 9.17) is 14.2 Å². The van der Waals surface area contributed by atoms with Gasteiger partial charge in [0.2, 0.25) is 0 Å². The van der Waals surface area contributed by atoms with Gasteiger partial charge >= 0.3 is 0 Å². The summed E-state index contributed by atoms with van der Waals surface area (Å²) in [7, 11) is 0. The molecule has 0 saturated carbocycles. The molecular weight excluding hydrogens is 344 g/mol. The minimum atomic E-state index is -0.0448. The highest BCUT2D eigenvalue weighted by Crippen LogP contribution is 2.28. The Morgan fingerprint density at radius 1 is 1.15 bits per heavy atom. The Balaban J connectivity index is 1.50. The van der Waals surface area contributed by atoms with Crippen molar-refractivity contribution in [3.63, 3.8) is 0 Å². The molecule has 3 rings (SSSR count). The summed E-state index contributed by atoms with van der Waals surface area (Å²) in [6.45, 7) is 8.91. The third kappa shape index (κ3) is 5.59. The molecular formula is C21H32N2O4. The van der Waals surface area contributed by atoms with Crippen LogP contribution in [0.5, 0.6) is 11.5 Å². The predicted molar refractivity (Wildman–Crippen MR) is 105 cm³/mol. The average molecular weight is 376 g/mol. The molecule has 0 bridgehead atoms. The lowest BCUT2D eigenvalue weighted by atomic mass is 10.0. The lowest BCUT2D eigenvalue weighted by Crippen LogP contribution is -2.46. The summed E-state index contributed by atoms with van der Waals surface area (Å²) < 4.78 is 16.9. The van der Waals surface area contributed by atoms with Gasteiger partial charge in [0.15, 0.2) is 11.5 Å². The number of nitrogens with zero attached hydrogens (tertiary/aromatic N) is 1. The molecule has 0 unspecified atom stereocenters. The molecule has 0 radical (unpaired) electrons. The fourth-order valence-electron chi connectivity index (χ4n) is 3.80. The van der Waals surface area contributed by atoms with E-state index in [0.29, 0.717) is 36.4 Å². The molecule has 2 saturated heterocycles. The second-order valence-electron chi connectivity index (χ2n) is 7.21. The first-order valence-corrected chi connectivity index (χ1v) is 10.2. The molecule has 1 aromatic rings. The van der Waals surface area contributed by atoms with Crippen LogP contribution in [0.2, 0.25) is 0 Å². The highest BCUT2D eigenvalue weighted by atomic mass is 16.5. The molecule has 150 valence electrons. The number of rotatable bonds is 8. The Morgan fingerprint density at radius 3 is 2.56 bits per heavy atom. The first kappa shape index (κ1) is 20.0. The number of nitrogens with one attached hydrogen (secondary N) is 1. The third-order valence-corrected chi connectivity index (χ3v) is 5.21. The molecule has 2 aliphatic rings. The van der Waals surface area contributed by atoms with E-state index in [-0.39, 0.29) is 11.9 Å². The van der Waals surface area contributed by atoms with E-state index in [1.54, 1.807) is 12.1 Å². The summed E-state index contributed by atoms with van der Waals surface area (Å²) in [6.07, 6.45) is 4.72. The van der Waals surface area contributed by atoms with Crippen LogP contribution in [0.1, 0.15) is 49.9 Å². The van der Waals surface area contributed by atoms with Crippen LogP contribution >= 0.6 is 0 Å². The molecule has 2 heterocycles. The quantitative estimate of drug-likeness (QED) is 0.756. The van der Waals surface area contributed by atoms with Gasteiger partial charge in [0.25, 0.3) is 5.91 Å². The average Bonchev–Trinajstić information content (AvgIpc) is 3.18. The van der Waals surface area contributed by atoms with Crippen LogP contribution in [0, 0.1) is 0 Å². The number of hydrogen-bond donors (Lipinski definition) is 1. The fourth-order valence-corrected chi connectivity index (χ4v) is 3.80. The van der Waals surface area contributed by atoms with Gasteiger partial charge in [0, 0.05) is 37.8 Å². The number of carbonyl (C=O) groups is 1. The maximum atomic E-state index is 12.7. The summed E-state index contributed by atoms with van der Waals surface area (Å²) in [5, 5.41) is 3.18. The Kier molecular flexibility index (Phi) is 7.35. The molecule has 0 spiro atoms. The second-order valence-corrected chi connectivity index (χ2v) is 7.21. The van der Waals surface area contributed by atoms with Gasteiger partial charge in [0.05, 0.1) is 19.3 Å². The normalized spacial score (nSPS) is 21.2. The zero-order valence-corrected chi connectivity index (χ0v) is 16.5. The van der Waals surface area contributed by atoms with Gasteiger partial charge in [-0.1, -0.05) is 0 Å². The number of piperidine rings is 1. The van der Waals surface area contributed by atoms with Crippen molar-refractivity contribution in [1.82, 2.24) is 10.2 Å². The highest BCUT2D eigenvalue weighted by Gasteiger charge is 2.25. The molecule has 1 amide bonds. The monoisotopic (exact) mass is 376 g/mol. The van der Waals surface area contributed by atoms with Crippen LogP contribution in [-0.4, -0.2) is 62.4 Å². The van der Waals surface area contributed by atoms with E-state index in [9.17, 15) is 4.79 Å². The van der Waals surface area contributed by atoms with Crippen molar-refractivity contribution in [2.45, 2.75) is 51.7 Å². The number of likely N-dealkylation sites (tertiary alicyclic amines) is 1. The molecule has 6 heteroatoms. The van der Waals surface area contributed by atoms with Gasteiger partial charge in [-0.3, -0.25) is 4.79 Å². The molecule has 1 atom stereocenters. The van der Waals surface area contributed by atoms with Gasteiger partial charge in [-0.05, 0) is 57.7 Å². The number of ether oxygens (including phenoxy) is 3. The minimum absolute atomic E-state index is 0.0448. The second kappa shape index (κ2) is 9.95. The zero-order valence-electron chi connectivity index (χ0n) is 16.5. The van der Waals surface area contributed by atoms with Crippen LogP contribution < -0.4 is 14.8 Å². The summed E-state index contributed by atoms with van der Waals surface area (Å²) in [4.78, 5) is 15.1. The molecule has 0 aromatic heterocycles. The number of benzene rings is 1. The van der Waals surface area contributed by atoms with Crippen molar-refractivity contribution in [1.29, 1.82) is 0 Å². The van der Waals surface area contributed by atoms with E-state index in [2.05, 4.69) is 10.2 Å². The maximum Gasteiger partial charge on any atom is 0.251 e. The largest absolute Gasteiger partial charge is 0.490 e. The van der Waals surface area contributed by atoms with Gasteiger partial charge < -0.3 is 24.4 Å². The third-order valence-electron chi connectivity index (χ3n) is 5.21. The molecule has 27 heavy (non-hydrogen) atoms. The minimum Gasteiger partial charge on any atom is -0.490 e. The van der Waals surface area contributed by atoms with E-state index in [1.165, 1.54) is 12.8 Å². The Hall–Kier alpha value is -1.79. The lowest BCUT2D eigenvalue weighted by molar-refractivity contribution is 0.0613. The first-order chi connectivity index (χ1) is 13.2. The van der Waals surface area contributed by atoms with Gasteiger partial charge in [-0.25, -0.2) is 0 Å². The molecule has 0 aliphatic carbocycles. The van der Waals surface area contributed by atoms with E-state index >= 15 is 0 Å². The van der Waals surface area contributed by atoms with Crippen LogP contribution in [0.25, 0.3) is 0 Å². The summed E-state index contributed by atoms with van der Waals surface area (Å²) in [5.74, 6) is 1.26. The maximum absolute atomic E-state index is 12.7. The summed E-state index contributed by atoms with van der Waals surface area (Å²) >= 11 is 0. The highest BCUT2D eigenvalue weighted by molar-refractivity contribution is 5.95. The van der Waals surface area contributed by atoms with Crippen molar-refractivity contribution in [2.75, 3.05) is 39.5 Å². The fraction of sp³-hybridized carbons (Fsp3) is 0.667. The van der Waals surface area contributed by atoms with Crippen molar-refractivity contribution in [3.05, 3.63) is 23.8 Å². The summed E-state index contributed by atoms with van der Waals surface area (Å²) in [6, 6.07) is 5.61. The molecule has 2 aliphatic heterocycles. The van der Waals surface area contributed by atoms with Gasteiger partial charge in [-0.2, -0.15) is 0 Å². The Bertz CT molecular complexity index is 608. The van der Waals surface area contributed by atoms with Crippen LogP contribution in [0.15, 0.2) is 18.2 Å². The van der Waals surface area contributed by atoms with Gasteiger partial charge in [0.1, 0.15) is 0 Å². The van der Waals surface area contributed by atoms with Crippen LogP contribution in [0.4, 0.5) is 0 Å². The van der Waals surface area contributed by atoms with E-state index in [1.807, 2.05) is 19.9 Å². The number of carbonyl (C=O) groups excluding carboxylic acids is 1. The first-order valence-electron chi connectivity index (χ1n) is 10.2. The van der Waals surface area contributed by atoms with E-state index in [0.717, 1.165) is 39.1 Å². The topological polar surface area (TPSA) is 60.0 Å². The van der Waals surface area contributed by atoms with Crippen molar-refractivity contribution in [2.24, 2.45) is 0 Å². The van der Waals surface area contributed by atoms with E-state index < -0.39 is 0 Å². The summed E-state index contributed by atoms with van der Waals surface area (Å²) in [5.41, 5.74) is 0.615. The Morgan fingerprint density at radius 2 is 1.89 bits per heavy atom. The van der Waals surface area contributed by atoms with Crippen molar-refractivity contribution >= 4 is 5.91 Å². The standard InChI is InChI=1S/C21H32N2O4/c1-3-25-19-8-7-16(14-20(19)26-4-2)21(24)22-17-9-11-23(12-10-17)15-18-6-5-13-27-18/h7-8,14,17-18H,3-6,9-13,15H2,1-2H3,(H,22,24)/t18-/m1/s1. The lowest BCUT2D eigenvalue weighted by Gasteiger charge is -2.33. The predicted octanol–water partition coefficient (Wildman–Crippen LogP) is 2.86. The molecule has 2 fully saturated rings. The molecule has 1 N–H and O–H groups in total. The molecule has 1 aromatic carbocycles. The number of amides is 1. The van der Waals surface area contributed by atoms with Crippen molar-refractivity contribution in [3.8, 4) is 11.5 Å². The zero-order chi connectivity index (χ0) is 19.1.